The van der Waals surface area contributed by atoms with Gasteiger partial charge in [0.2, 0.25) is 0 Å². The van der Waals surface area contributed by atoms with Crippen molar-refractivity contribution < 1.29 is 0 Å². The van der Waals surface area contributed by atoms with E-state index in [2.05, 4.69) is 74.0 Å². The number of thioether (sulfide) groups is 1. The normalized spacial score (nSPS) is 11.2. The van der Waals surface area contributed by atoms with Crippen LogP contribution < -0.4 is 10.7 Å². The Hall–Kier alpha value is -1.93. The van der Waals surface area contributed by atoms with Gasteiger partial charge in [-0.05, 0) is 49.3 Å². The third-order valence-electron chi connectivity index (χ3n) is 4.47. The summed E-state index contributed by atoms with van der Waals surface area (Å²) in [6.45, 7) is 13.8. The predicted octanol–water partition coefficient (Wildman–Crippen LogP) is 4.26. The van der Waals surface area contributed by atoms with Crippen molar-refractivity contribution in [2.45, 2.75) is 31.7 Å². The first-order valence-corrected chi connectivity index (χ1v) is 9.01. The van der Waals surface area contributed by atoms with Gasteiger partial charge in [0.25, 0.3) is 0 Å². The molecule has 1 nitrogen and oxygen atoms in total. The Morgan fingerprint density at radius 3 is 2.17 bits per heavy atom. The number of hydrogen-bond donors (Lipinski definition) is 0. The molecule has 0 aliphatic carbocycles. The van der Waals surface area contributed by atoms with Crippen LogP contribution in [-0.4, -0.2) is 10.3 Å². The summed E-state index contributed by atoms with van der Waals surface area (Å²) < 4.78 is 2.26. The fraction of sp³-hybridized carbons (Fsp3) is 0.238. The first-order chi connectivity index (χ1) is 11.1. The van der Waals surface area contributed by atoms with Gasteiger partial charge < -0.3 is 4.57 Å². The van der Waals surface area contributed by atoms with Crippen LogP contribution in [0.2, 0.25) is 0 Å². The van der Waals surface area contributed by atoms with Crippen LogP contribution in [0.4, 0.5) is 0 Å². The lowest BCUT2D eigenvalue weighted by molar-refractivity contribution is 0.661. The summed E-state index contributed by atoms with van der Waals surface area (Å²) in [4.78, 5) is 1.36. The summed E-state index contributed by atoms with van der Waals surface area (Å²) in [5.74, 6) is 1.11. The second kappa shape index (κ2) is 6.67. The fourth-order valence-corrected chi connectivity index (χ4v) is 3.86. The highest BCUT2D eigenvalue weighted by Gasteiger charge is 2.04. The van der Waals surface area contributed by atoms with E-state index in [1.165, 1.54) is 26.8 Å². The maximum Gasteiger partial charge on any atom is 0.0418 e. The number of aromatic nitrogens is 1. The lowest BCUT2D eigenvalue weighted by Crippen LogP contribution is -2.25. The molecule has 23 heavy (non-hydrogen) atoms. The number of aryl methyl sites for hydroxylation is 2. The quantitative estimate of drug-likeness (QED) is 0.502. The molecule has 0 amide bonds. The summed E-state index contributed by atoms with van der Waals surface area (Å²) >= 11 is 1.93. The summed E-state index contributed by atoms with van der Waals surface area (Å²) in [6.07, 6.45) is 1.11. The Kier molecular flexibility index (Phi) is 4.63. The van der Waals surface area contributed by atoms with Crippen molar-refractivity contribution in [1.82, 2.24) is 4.57 Å². The second-order valence-electron chi connectivity index (χ2n) is 6.04. The van der Waals surface area contributed by atoms with Gasteiger partial charge in [0, 0.05) is 32.9 Å². The van der Waals surface area contributed by atoms with E-state index in [0.29, 0.717) is 0 Å². The van der Waals surface area contributed by atoms with Crippen molar-refractivity contribution in [2.75, 3.05) is 5.75 Å². The molecule has 118 valence electrons. The maximum atomic E-state index is 4.24. The Morgan fingerprint density at radius 1 is 0.913 bits per heavy atom. The van der Waals surface area contributed by atoms with E-state index in [4.69, 9.17) is 0 Å². The van der Waals surface area contributed by atoms with E-state index in [9.17, 15) is 0 Å². The van der Waals surface area contributed by atoms with Gasteiger partial charge in [-0.25, -0.2) is 0 Å². The van der Waals surface area contributed by atoms with Crippen molar-refractivity contribution in [3.8, 4) is 0 Å². The van der Waals surface area contributed by atoms with Crippen molar-refractivity contribution in [1.29, 1.82) is 0 Å². The Labute approximate surface area is 142 Å². The maximum absolute atomic E-state index is 4.24. The number of nitrogens with zero attached hydrogens (tertiary/aromatic N) is 1. The zero-order valence-corrected chi connectivity index (χ0v) is 14.7. The van der Waals surface area contributed by atoms with Gasteiger partial charge in [-0.3, -0.25) is 0 Å². The summed E-state index contributed by atoms with van der Waals surface area (Å²) in [7, 11) is 0. The summed E-state index contributed by atoms with van der Waals surface area (Å²) in [6, 6.07) is 15.1. The van der Waals surface area contributed by atoms with Gasteiger partial charge in [0.15, 0.2) is 0 Å². The molecule has 1 aromatic heterocycles. The molecule has 0 aliphatic rings. The highest BCUT2D eigenvalue weighted by molar-refractivity contribution is 7.99. The third kappa shape index (κ3) is 3.23. The summed E-state index contributed by atoms with van der Waals surface area (Å²) in [5, 5.41) is 4.61. The van der Waals surface area contributed by atoms with Crippen LogP contribution in [0, 0.1) is 13.8 Å². The number of hydrogen-bond acceptors (Lipinski definition) is 1. The first-order valence-electron chi connectivity index (χ1n) is 8.03. The molecular weight excluding hydrogens is 298 g/mol. The highest BCUT2D eigenvalue weighted by Crippen LogP contribution is 2.21. The van der Waals surface area contributed by atoms with Crippen LogP contribution >= 0.6 is 11.8 Å². The SMILES string of the molecule is C=c1c2ccccc2c(=C)n1CCCSc1ccc(C)c(C)c1. The van der Waals surface area contributed by atoms with E-state index in [-0.39, 0.29) is 0 Å². The Morgan fingerprint density at radius 2 is 1.57 bits per heavy atom. The van der Waals surface area contributed by atoms with Gasteiger partial charge in [0.05, 0.1) is 0 Å². The molecule has 0 radical (unpaired) electrons. The van der Waals surface area contributed by atoms with E-state index in [0.717, 1.165) is 29.4 Å². The fourth-order valence-electron chi connectivity index (χ4n) is 2.93. The van der Waals surface area contributed by atoms with Crippen molar-refractivity contribution >= 4 is 35.7 Å². The van der Waals surface area contributed by atoms with Gasteiger partial charge in [0.1, 0.15) is 0 Å². The molecule has 0 saturated heterocycles. The lowest BCUT2D eigenvalue weighted by Gasteiger charge is -2.07. The minimum absolute atomic E-state index is 0.976. The first kappa shape index (κ1) is 15.9. The molecule has 2 aromatic carbocycles. The molecule has 0 unspecified atom stereocenters. The minimum atomic E-state index is 0.976. The Bertz CT molecular complexity index is 889. The molecule has 0 aliphatic heterocycles. The topological polar surface area (TPSA) is 4.93 Å². The Balaban J connectivity index is 1.66. The van der Waals surface area contributed by atoms with Crippen LogP contribution in [0.15, 0.2) is 47.4 Å². The molecular formula is C21H23NS. The molecule has 0 bridgehead atoms. The van der Waals surface area contributed by atoms with Gasteiger partial charge in [-0.2, -0.15) is 0 Å². The van der Waals surface area contributed by atoms with Gasteiger partial charge in [-0.15, -0.1) is 11.8 Å². The van der Waals surface area contributed by atoms with Crippen LogP contribution in [0.1, 0.15) is 17.5 Å². The van der Waals surface area contributed by atoms with Crippen LogP contribution in [-0.2, 0) is 6.54 Å². The summed E-state index contributed by atoms with van der Waals surface area (Å²) in [5.41, 5.74) is 2.73. The van der Waals surface area contributed by atoms with Gasteiger partial charge >= 0.3 is 0 Å². The molecule has 0 atom stereocenters. The van der Waals surface area contributed by atoms with Crippen molar-refractivity contribution in [3.63, 3.8) is 0 Å². The standard InChI is InChI=1S/C21H23NS/c1-15-10-11-19(14-16(15)2)23-13-7-12-22-17(3)20-8-5-6-9-21(20)18(22)4/h5-6,8-11,14H,3-4,7,12-13H2,1-2H3. The van der Waals surface area contributed by atoms with E-state index in [1.807, 2.05) is 11.8 Å². The predicted molar refractivity (Wildman–Crippen MR) is 103 cm³/mol. The number of fused-ring (bicyclic) bond motifs is 1. The minimum Gasteiger partial charge on any atom is -0.341 e. The van der Waals surface area contributed by atoms with Crippen LogP contribution in [0.5, 0.6) is 0 Å². The van der Waals surface area contributed by atoms with E-state index < -0.39 is 0 Å². The molecule has 0 saturated carbocycles. The monoisotopic (exact) mass is 321 g/mol. The number of rotatable bonds is 5. The van der Waals surface area contributed by atoms with Crippen LogP contribution in [0.25, 0.3) is 23.9 Å². The molecule has 3 rings (SSSR count). The van der Waals surface area contributed by atoms with Crippen molar-refractivity contribution in [2.24, 2.45) is 0 Å². The van der Waals surface area contributed by atoms with E-state index >= 15 is 0 Å². The van der Waals surface area contributed by atoms with Crippen LogP contribution in [0.3, 0.4) is 0 Å². The molecule has 1 heterocycles. The highest BCUT2D eigenvalue weighted by atomic mass is 32.2. The smallest absolute Gasteiger partial charge is 0.0418 e. The largest absolute Gasteiger partial charge is 0.341 e. The molecule has 0 spiro atoms. The molecule has 2 heteroatoms. The third-order valence-corrected chi connectivity index (χ3v) is 5.55. The zero-order valence-electron chi connectivity index (χ0n) is 13.9. The van der Waals surface area contributed by atoms with E-state index in [1.54, 1.807) is 0 Å². The molecule has 0 N–H and O–H groups in total. The van der Waals surface area contributed by atoms with Gasteiger partial charge in [-0.1, -0.05) is 43.5 Å². The zero-order chi connectivity index (χ0) is 16.4. The number of benzene rings is 2. The molecule has 0 fully saturated rings. The second-order valence-corrected chi connectivity index (χ2v) is 7.21. The average molecular weight is 321 g/mol. The lowest BCUT2D eigenvalue weighted by atomic mass is 10.1. The van der Waals surface area contributed by atoms with Crippen molar-refractivity contribution in [3.05, 3.63) is 64.3 Å². The molecule has 3 aromatic rings. The average Bonchev–Trinajstić information content (AvgIpc) is 2.80.